The van der Waals surface area contributed by atoms with Crippen molar-refractivity contribution >= 4 is 15.9 Å². The lowest BCUT2D eigenvalue weighted by Crippen LogP contribution is -2.47. The average Bonchev–Trinajstić information content (AvgIpc) is 3.26. The molecule has 2 heterocycles. The highest BCUT2D eigenvalue weighted by atomic mass is 32.2. The van der Waals surface area contributed by atoms with E-state index in [0.29, 0.717) is 19.5 Å². The Morgan fingerprint density at radius 3 is 2.71 bits per heavy atom. The SMILES string of the molecule is CCn1cnc(S(=O)(=O)N2CCCC(C(=O)NC3CCCC3)C2)c1. The first-order chi connectivity index (χ1) is 11.5. The highest BCUT2D eigenvalue weighted by Gasteiger charge is 2.35. The summed E-state index contributed by atoms with van der Waals surface area (Å²) in [5.41, 5.74) is 0. The van der Waals surface area contributed by atoms with Gasteiger partial charge in [-0.2, -0.15) is 4.31 Å². The summed E-state index contributed by atoms with van der Waals surface area (Å²) in [5.74, 6) is -0.261. The molecule has 134 valence electrons. The largest absolute Gasteiger partial charge is 0.353 e. The molecule has 1 atom stereocenters. The van der Waals surface area contributed by atoms with Gasteiger partial charge in [0, 0.05) is 31.9 Å². The second-order valence-corrected chi connectivity index (χ2v) is 8.62. The topological polar surface area (TPSA) is 84.3 Å². The number of aromatic nitrogens is 2. The standard InChI is InChI=1S/C16H26N4O3S/c1-2-19-11-15(17-12-19)24(22,23)20-9-5-6-13(10-20)16(21)18-14-7-3-4-8-14/h11-14H,2-10H2,1H3,(H,18,21). The third kappa shape index (κ3) is 3.64. The van der Waals surface area contributed by atoms with Gasteiger partial charge in [-0.3, -0.25) is 4.79 Å². The van der Waals surface area contributed by atoms with Crippen molar-refractivity contribution in [3.05, 3.63) is 12.5 Å². The molecule has 1 N–H and O–H groups in total. The lowest BCUT2D eigenvalue weighted by atomic mass is 9.98. The molecule has 1 amide bonds. The van der Waals surface area contributed by atoms with E-state index >= 15 is 0 Å². The molecular formula is C16H26N4O3S. The Balaban J connectivity index is 1.66. The summed E-state index contributed by atoms with van der Waals surface area (Å²) in [6.45, 7) is 3.31. The summed E-state index contributed by atoms with van der Waals surface area (Å²) in [5, 5.41) is 3.16. The van der Waals surface area contributed by atoms with Crippen LogP contribution in [0.4, 0.5) is 0 Å². The number of sulfonamides is 1. The summed E-state index contributed by atoms with van der Waals surface area (Å²) in [6, 6.07) is 0.268. The number of hydrogen-bond acceptors (Lipinski definition) is 4. The van der Waals surface area contributed by atoms with Gasteiger partial charge in [-0.05, 0) is 32.6 Å². The summed E-state index contributed by atoms with van der Waals surface area (Å²) < 4.78 is 28.6. The van der Waals surface area contributed by atoms with Gasteiger partial charge < -0.3 is 9.88 Å². The first kappa shape index (κ1) is 17.4. The number of nitrogens with zero attached hydrogens (tertiary/aromatic N) is 3. The third-order valence-corrected chi connectivity index (χ3v) is 6.79. The van der Waals surface area contributed by atoms with Gasteiger partial charge in [0.1, 0.15) is 0 Å². The predicted octanol–water partition coefficient (Wildman–Crippen LogP) is 1.36. The van der Waals surface area contributed by atoms with Crippen LogP contribution in [-0.4, -0.2) is 47.3 Å². The van der Waals surface area contributed by atoms with Crippen LogP contribution < -0.4 is 5.32 Å². The van der Waals surface area contributed by atoms with Crippen molar-refractivity contribution < 1.29 is 13.2 Å². The predicted molar refractivity (Wildman–Crippen MR) is 89.8 cm³/mol. The van der Waals surface area contributed by atoms with Gasteiger partial charge in [-0.15, -0.1) is 0 Å². The molecule has 0 radical (unpaired) electrons. The zero-order valence-electron chi connectivity index (χ0n) is 14.1. The molecule has 0 bridgehead atoms. The molecule has 0 aromatic carbocycles. The van der Waals surface area contributed by atoms with Crippen molar-refractivity contribution in [2.45, 2.75) is 63.1 Å². The van der Waals surface area contributed by atoms with Gasteiger partial charge in [0.15, 0.2) is 5.03 Å². The molecule has 24 heavy (non-hydrogen) atoms. The molecule has 7 nitrogen and oxygen atoms in total. The monoisotopic (exact) mass is 354 g/mol. The number of amides is 1. The molecule has 1 aliphatic carbocycles. The second kappa shape index (κ2) is 7.23. The van der Waals surface area contributed by atoms with Crippen molar-refractivity contribution in [2.24, 2.45) is 5.92 Å². The van der Waals surface area contributed by atoms with Crippen molar-refractivity contribution in [2.75, 3.05) is 13.1 Å². The summed E-state index contributed by atoms with van der Waals surface area (Å²) in [7, 11) is -3.62. The molecule has 1 aromatic rings. The number of imidazole rings is 1. The zero-order valence-corrected chi connectivity index (χ0v) is 15.0. The van der Waals surface area contributed by atoms with E-state index in [1.807, 2.05) is 6.92 Å². The Bertz CT molecular complexity index is 679. The van der Waals surface area contributed by atoms with Crippen LogP contribution in [0.2, 0.25) is 0 Å². The van der Waals surface area contributed by atoms with E-state index in [2.05, 4.69) is 10.3 Å². The second-order valence-electron chi connectivity index (χ2n) is 6.73. The Morgan fingerprint density at radius 2 is 2.04 bits per heavy atom. The van der Waals surface area contributed by atoms with E-state index in [9.17, 15) is 13.2 Å². The van der Waals surface area contributed by atoms with Gasteiger partial charge in [0.2, 0.25) is 5.91 Å². The molecule has 8 heteroatoms. The fourth-order valence-electron chi connectivity index (χ4n) is 3.54. The van der Waals surface area contributed by atoms with Crippen LogP contribution in [0.1, 0.15) is 45.4 Å². The van der Waals surface area contributed by atoms with Gasteiger partial charge in [-0.25, -0.2) is 13.4 Å². The fourth-order valence-corrected chi connectivity index (χ4v) is 5.00. The molecule has 2 aliphatic rings. The molecule has 3 rings (SSSR count). The van der Waals surface area contributed by atoms with Crippen LogP contribution in [-0.2, 0) is 21.4 Å². The van der Waals surface area contributed by atoms with E-state index in [4.69, 9.17) is 0 Å². The molecule has 1 saturated carbocycles. The summed E-state index contributed by atoms with van der Waals surface area (Å²) in [4.78, 5) is 16.5. The van der Waals surface area contributed by atoms with Crippen LogP contribution in [0.3, 0.4) is 0 Å². The van der Waals surface area contributed by atoms with Gasteiger partial charge >= 0.3 is 0 Å². The van der Waals surface area contributed by atoms with Crippen LogP contribution in [0.15, 0.2) is 17.6 Å². The highest BCUT2D eigenvalue weighted by Crippen LogP contribution is 2.24. The minimum Gasteiger partial charge on any atom is -0.353 e. The van der Waals surface area contributed by atoms with Crippen molar-refractivity contribution in [1.29, 1.82) is 0 Å². The molecule has 2 fully saturated rings. The Hall–Kier alpha value is -1.41. The van der Waals surface area contributed by atoms with E-state index < -0.39 is 10.0 Å². The summed E-state index contributed by atoms with van der Waals surface area (Å²) >= 11 is 0. The summed E-state index contributed by atoms with van der Waals surface area (Å²) in [6.07, 6.45) is 8.93. The number of hydrogen-bond donors (Lipinski definition) is 1. The Labute approximate surface area is 143 Å². The minimum atomic E-state index is -3.62. The fraction of sp³-hybridized carbons (Fsp3) is 0.750. The van der Waals surface area contributed by atoms with Gasteiger partial charge in [-0.1, -0.05) is 12.8 Å². The Morgan fingerprint density at radius 1 is 1.29 bits per heavy atom. The molecule has 1 saturated heterocycles. The number of aryl methyl sites for hydroxylation is 1. The number of piperidine rings is 1. The highest BCUT2D eigenvalue weighted by molar-refractivity contribution is 7.89. The Kier molecular flexibility index (Phi) is 5.24. The van der Waals surface area contributed by atoms with Gasteiger partial charge in [0.25, 0.3) is 10.0 Å². The smallest absolute Gasteiger partial charge is 0.262 e. The molecule has 0 spiro atoms. The molecule has 1 aromatic heterocycles. The number of carbonyl (C=O) groups is 1. The van der Waals surface area contributed by atoms with Crippen LogP contribution in [0, 0.1) is 5.92 Å². The van der Waals surface area contributed by atoms with Gasteiger partial charge in [0.05, 0.1) is 12.2 Å². The molecule has 1 aliphatic heterocycles. The van der Waals surface area contributed by atoms with Crippen molar-refractivity contribution in [3.8, 4) is 0 Å². The maximum atomic E-state index is 12.7. The lowest BCUT2D eigenvalue weighted by Gasteiger charge is -2.31. The minimum absolute atomic E-state index is 0.000822. The lowest BCUT2D eigenvalue weighted by molar-refractivity contribution is -0.126. The third-order valence-electron chi connectivity index (χ3n) is 5.04. The van der Waals surface area contributed by atoms with Crippen LogP contribution >= 0.6 is 0 Å². The average molecular weight is 354 g/mol. The first-order valence-electron chi connectivity index (χ1n) is 8.83. The van der Waals surface area contributed by atoms with Crippen LogP contribution in [0.25, 0.3) is 0 Å². The molecule has 1 unspecified atom stereocenters. The van der Waals surface area contributed by atoms with Crippen LogP contribution in [0.5, 0.6) is 0 Å². The van der Waals surface area contributed by atoms with E-state index in [1.165, 1.54) is 10.6 Å². The van der Waals surface area contributed by atoms with E-state index in [0.717, 1.165) is 32.1 Å². The molecular weight excluding hydrogens is 328 g/mol. The normalized spacial score (nSPS) is 23.5. The number of rotatable bonds is 5. The van der Waals surface area contributed by atoms with Crippen molar-refractivity contribution in [3.63, 3.8) is 0 Å². The van der Waals surface area contributed by atoms with Crippen molar-refractivity contribution in [1.82, 2.24) is 19.2 Å². The maximum Gasteiger partial charge on any atom is 0.262 e. The maximum absolute atomic E-state index is 12.7. The number of carbonyl (C=O) groups excluding carboxylic acids is 1. The number of nitrogens with one attached hydrogen (secondary N) is 1. The quantitative estimate of drug-likeness (QED) is 0.865. The van der Waals surface area contributed by atoms with E-state index in [1.54, 1.807) is 10.8 Å². The zero-order chi connectivity index (χ0) is 17.2. The van der Waals surface area contributed by atoms with E-state index in [-0.39, 0.29) is 29.4 Å². The first-order valence-corrected chi connectivity index (χ1v) is 10.3.